The lowest BCUT2D eigenvalue weighted by Crippen LogP contribution is -2.38. The summed E-state index contributed by atoms with van der Waals surface area (Å²) in [6, 6.07) is 7.82. The number of para-hydroxylation sites is 2. The lowest BCUT2D eigenvalue weighted by Gasteiger charge is -2.28. The number of carbonyl (C=O) groups is 1. The first-order valence-electron chi connectivity index (χ1n) is 11.1. The highest BCUT2D eigenvalue weighted by Gasteiger charge is 2.19. The monoisotopic (exact) mass is 413 g/mol. The van der Waals surface area contributed by atoms with E-state index < -0.39 is 0 Å². The summed E-state index contributed by atoms with van der Waals surface area (Å²) in [6.07, 6.45) is 5.64. The molecule has 7 heteroatoms. The second kappa shape index (κ2) is 10.6. The number of nitrogens with zero attached hydrogens (tertiary/aromatic N) is 4. The van der Waals surface area contributed by atoms with Crippen molar-refractivity contribution in [2.45, 2.75) is 58.0 Å². The number of hydrogen-bond donors (Lipinski definition) is 1. The number of fused-ring (bicyclic) bond motifs is 1. The van der Waals surface area contributed by atoms with Crippen molar-refractivity contribution in [3.05, 3.63) is 34.6 Å². The van der Waals surface area contributed by atoms with E-state index in [0.29, 0.717) is 12.4 Å². The molecule has 1 atom stereocenters. The number of hydrogen-bond acceptors (Lipinski definition) is 5. The van der Waals surface area contributed by atoms with E-state index >= 15 is 0 Å². The fraction of sp³-hybridized carbons (Fsp3) is 0.609. The van der Waals surface area contributed by atoms with Crippen molar-refractivity contribution < 1.29 is 4.79 Å². The Bertz CT molecular complexity index is 902. The van der Waals surface area contributed by atoms with Gasteiger partial charge in [0.2, 0.25) is 5.91 Å². The molecule has 1 aliphatic heterocycles. The summed E-state index contributed by atoms with van der Waals surface area (Å²) in [4.78, 5) is 34.7. The lowest BCUT2D eigenvalue weighted by atomic mass is 10.1. The molecule has 1 aromatic heterocycles. The van der Waals surface area contributed by atoms with Gasteiger partial charge in [-0.15, -0.1) is 0 Å². The summed E-state index contributed by atoms with van der Waals surface area (Å²) in [7, 11) is 4.11. The summed E-state index contributed by atoms with van der Waals surface area (Å²) >= 11 is 0. The Hall–Kier alpha value is -2.41. The molecule has 3 rings (SSSR count). The molecule has 1 unspecified atom stereocenters. The zero-order chi connectivity index (χ0) is 21.5. The molecule has 1 aromatic carbocycles. The van der Waals surface area contributed by atoms with Gasteiger partial charge in [0.25, 0.3) is 5.56 Å². The Balaban J connectivity index is 1.71. The number of carbonyl (C=O) groups excluding carboxylic acids is 1. The van der Waals surface area contributed by atoms with Crippen LogP contribution in [0.4, 0.5) is 5.82 Å². The summed E-state index contributed by atoms with van der Waals surface area (Å²) in [5.74, 6) is 0.505. The highest BCUT2D eigenvalue weighted by atomic mass is 16.2. The molecule has 1 aliphatic rings. The number of aryl methyl sites for hydroxylation is 1. The third-order valence-corrected chi connectivity index (χ3v) is 5.70. The Morgan fingerprint density at radius 2 is 1.93 bits per heavy atom. The minimum Gasteiger partial charge on any atom is -0.354 e. The van der Waals surface area contributed by atoms with Crippen molar-refractivity contribution in [1.82, 2.24) is 19.8 Å². The number of piperidine rings is 1. The molecule has 1 amide bonds. The van der Waals surface area contributed by atoms with Crippen LogP contribution in [0.25, 0.3) is 11.0 Å². The van der Waals surface area contributed by atoms with Crippen LogP contribution in [-0.2, 0) is 11.3 Å². The van der Waals surface area contributed by atoms with E-state index in [0.717, 1.165) is 56.4 Å². The van der Waals surface area contributed by atoms with Crippen LogP contribution in [0, 0.1) is 0 Å². The van der Waals surface area contributed by atoms with E-state index in [-0.39, 0.29) is 23.9 Å². The molecule has 0 saturated carbocycles. The van der Waals surface area contributed by atoms with E-state index in [2.05, 4.69) is 34.2 Å². The smallest absolute Gasteiger partial charge is 0.294 e. The molecule has 0 spiro atoms. The molecule has 0 aliphatic carbocycles. The Kier molecular flexibility index (Phi) is 7.85. The molecule has 2 aromatic rings. The van der Waals surface area contributed by atoms with Crippen LogP contribution in [0.1, 0.15) is 45.4 Å². The van der Waals surface area contributed by atoms with Gasteiger partial charge < -0.3 is 19.7 Å². The third kappa shape index (κ3) is 5.81. The molecule has 1 fully saturated rings. The van der Waals surface area contributed by atoms with E-state index in [1.165, 1.54) is 6.42 Å². The summed E-state index contributed by atoms with van der Waals surface area (Å²) in [5.41, 5.74) is 1.49. The quantitative estimate of drug-likeness (QED) is 0.684. The topological polar surface area (TPSA) is 70.5 Å². The average Bonchev–Trinajstić information content (AvgIpc) is 2.73. The molecule has 0 radical (unpaired) electrons. The Morgan fingerprint density at radius 3 is 2.67 bits per heavy atom. The number of rotatable bonds is 9. The van der Waals surface area contributed by atoms with E-state index in [4.69, 9.17) is 0 Å². The molecule has 7 nitrogen and oxygen atoms in total. The number of anilines is 1. The highest BCUT2D eigenvalue weighted by Crippen LogP contribution is 2.18. The first-order valence-corrected chi connectivity index (χ1v) is 11.1. The van der Waals surface area contributed by atoms with Crippen LogP contribution in [0.5, 0.6) is 0 Å². The minimum atomic E-state index is -0.0950. The van der Waals surface area contributed by atoms with Gasteiger partial charge in [-0.3, -0.25) is 9.59 Å². The zero-order valence-corrected chi connectivity index (χ0v) is 18.6. The fourth-order valence-corrected chi connectivity index (χ4v) is 4.06. The normalized spacial score (nSPS) is 15.5. The number of aromatic nitrogens is 2. The van der Waals surface area contributed by atoms with Crippen molar-refractivity contribution in [3.8, 4) is 0 Å². The molecular formula is C23H35N5O2. The molecule has 30 heavy (non-hydrogen) atoms. The van der Waals surface area contributed by atoms with Gasteiger partial charge in [-0.05, 0) is 71.8 Å². The van der Waals surface area contributed by atoms with Gasteiger partial charge in [0.05, 0.1) is 11.0 Å². The second-order valence-corrected chi connectivity index (χ2v) is 8.59. The van der Waals surface area contributed by atoms with Gasteiger partial charge in [-0.1, -0.05) is 12.1 Å². The molecule has 2 heterocycles. The largest absolute Gasteiger partial charge is 0.354 e. The van der Waals surface area contributed by atoms with Gasteiger partial charge in [0, 0.05) is 32.1 Å². The zero-order valence-electron chi connectivity index (χ0n) is 18.6. The lowest BCUT2D eigenvalue weighted by molar-refractivity contribution is -0.121. The molecule has 1 saturated heterocycles. The van der Waals surface area contributed by atoms with Crippen molar-refractivity contribution in [2.75, 3.05) is 38.6 Å². The highest BCUT2D eigenvalue weighted by molar-refractivity contribution is 5.78. The summed E-state index contributed by atoms with van der Waals surface area (Å²) in [6.45, 7) is 5.14. The predicted molar refractivity (Wildman–Crippen MR) is 122 cm³/mol. The van der Waals surface area contributed by atoms with E-state index in [9.17, 15) is 9.59 Å². The van der Waals surface area contributed by atoms with Crippen molar-refractivity contribution in [1.29, 1.82) is 0 Å². The molecule has 0 bridgehead atoms. The van der Waals surface area contributed by atoms with E-state index in [1.54, 1.807) is 4.57 Å². The van der Waals surface area contributed by atoms with Gasteiger partial charge in [0.15, 0.2) is 5.82 Å². The van der Waals surface area contributed by atoms with Crippen LogP contribution in [-0.4, -0.2) is 60.1 Å². The molecule has 164 valence electrons. The van der Waals surface area contributed by atoms with Gasteiger partial charge in [0.1, 0.15) is 0 Å². The second-order valence-electron chi connectivity index (χ2n) is 8.59. The summed E-state index contributed by atoms with van der Waals surface area (Å²) < 4.78 is 1.72. The molecular weight excluding hydrogens is 378 g/mol. The van der Waals surface area contributed by atoms with Crippen molar-refractivity contribution in [2.24, 2.45) is 0 Å². The van der Waals surface area contributed by atoms with Gasteiger partial charge in [-0.25, -0.2) is 4.98 Å². The van der Waals surface area contributed by atoms with Crippen LogP contribution in [0.2, 0.25) is 0 Å². The first kappa shape index (κ1) is 22.3. The number of nitrogens with one attached hydrogen (secondary N) is 1. The SMILES string of the molecule is CC(CCCN(C)C)NC(=O)CCn1c(=O)c(N2CCCCC2)nc2ccccc21. The van der Waals surface area contributed by atoms with Gasteiger partial charge in [-0.2, -0.15) is 0 Å². The van der Waals surface area contributed by atoms with Crippen LogP contribution in [0.3, 0.4) is 0 Å². The fourth-order valence-electron chi connectivity index (χ4n) is 4.06. The van der Waals surface area contributed by atoms with Crippen LogP contribution >= 0.6 is 0 Å². The maximum atomic E-state index is 13.2. The van der Waals surface area contributed by atoms with Crippen molar-refractivity contribution in [3.63, 3.8) is 0 Å². The average molecular weight is 414 g/mol. The van der Waals surface area contributed by atoms with Crippen LogP contribution in [0.15, 0.2) is 29.1 Å². The standard InChI is InChI=1S/C23H35N5O2/c1-18(10-9-14-26(2)3)24-21(29)13-17-28-20-12-6-5-11-19(20)25-22(23(28)30)27-15-7-4-8-16-27/h5-6,11-12,18H,4,7-10,13-17H2,1-3H3,(H,24,29). The Morgan fingerprint density at radius 1 is 1.20 bits per heavy atom. The Labute approximate surface area is 179 Å². The van der Waals surface area contributed by atoms with Gasteiger partial charge >= 0.3 is 0 Å². The molecule has 1 N–H and O–H groups in total. The third-order valence-electron chi connectivity index (χ3n) is 5.70. The van der Waals surface area contributed by atoms with Crippen molar-refractivity contribution >= 4 is 22.8 Å². The summed E-state index contributed by atoms with van der Waals surface area (Å²) in [5, 5.41) is 3.07. The van der Waals surface area contributed by atoms with E-state index in [1.807, 2.05) is 31.2 Å². The minimum absolute atomic E-state index is 0.0142. The number of benzene rings is 1. The first-order chi connectivity index (χ1) is 14.5. The number of amides is 1. The van der Waals surface area contributed by atoms with Crippen LogP contribution < -0.4 is 15.8 Å². The maximum Gasteiger partial charge on any atom is 0.294 e. The maximum absolute atomic E-state index is 13.2. The predicted octanol–water partition coefficient (Wildman–Crippen LogP) is 2.62.